The van der Waals surface area contributed by atoms with Gasteiger partial charge in [-0.3, -0.25) is 5.10 Å². The lowest BCUT2D eigenvalue weighted by molar-refractivity contribution is -0.108. The summed E-state index contributed by atoms with van der Waals surface area (Å²) >= 11 is 0. The summed E-state index contributed by atoms with van der Waals surface area (Å²) in [6.07, 6.45) is 4.94. The van der Waals surface area contributed by atoms with E-state index in [1.807, 2.05) is 24.3 Å². The zero-order valence-electron chi connectivity index (χ0n) is 17.8. The second kappa shape index (κ2) is 8.52. The summed E-state index contributed by atoms with van der Waals surface area (Å²) in [6.45, 7) is 3.01. The molecule has 1 saturated carbocycles. The van der Waals surface area contributed by atoms with Crippen LogP contribution in [0.15, 0.2) is 48.5 Å². The van der Waals surface area contributed by atoms with E-state index >= 15 is 0 Å². The van der Waals surface area contributed by atoms with Gasteiger partial charge in [0.05, 0.1) is 11.1 Å². The number of carbonyl (C=O) groups is 1. The van der Waals surface area contributed by atoms with Crippen molar-refractivity contribution in [1.29, 1.82) is 0 Å². The van der Waals surface area contributed by atoms with E-state index < -0.39 is 5.60 Å². The highest BCUT2D eigenvalue weighted by Gasteiger charge is 2.48. The minimum absolute atomic E-state index is 0.299. The SMILES string of the molecule is O=CCCC(CN1C[C@@H]2C[C@@](O)(Cc3ccccc3)C[C@@H]2C1)c1ccc2[nH]nnc2c1. The Morgan fingerprint density at radius 1 is 1.16 bits per heavy atom. The normalized spacial score (nSPS) is 26.9. The molecule has 1 aliphatic carbocycles. The molecule has 2 aromatic carbocycles. The molecule has 1 unspecified atom stereocenters. The summed E-state index contributed by atoms with van der Waals surface area (Å²) in [5, 5.41) is 22.2. The third-order valence-corrected chi connectivity index (χ3v) is 7.25. The number of benzene rings is 2. The Morgan fingerprint density at radius 2 is 1.94 bits per heavy atom. The van der Waals surface area contributed by atoms with Crippen LogP contribution in [0.3, 0.4) is 0 Å². The summed E-state index contributed by atoms with van der Waals surface area (Å²) in [5.41, 5.74) is 3.68. The van der Waals surface area contributed by atoms with E-state index in [0.717, 1.165) is 62.6 Å². The Bertz CT molecular complexity index is 1020. The van der Waals surface area contributed by atoms with Crippen LogP contribution >= 0.6 is 0 Å². The number of nitrogens with zero attached hydrogens (tertiary/aromatic N) is 3. The molecule has 5 rings (SSSR count). The first kappa shape index (κ1) is 20.3. The summed E-state index contributed by atoms with van der Waals surface area (Å²) in [7, 11) is 0. The number of aliphatic hydroxyl groups is 1. The molecule has 0 radical (unpaired) electrons. The van der Waals surface area contributed by atoms with Crippen molar-refractivity contribution < 1.29 is 9.90 Å². The number of hydrogen-bond acceptors (Lipinski definition) is 5. The van der Waals surface area contributed by atoms with Crippen LogP contribution < -0.4 is 0 Å². The van der Waals surface area contributed by atoms with Gasteiger partial charge in [-0.15, -0.1) is 5.10 Å². The van der Waals surface area contributed by atoms with E-state index in [1.165, 1.54) is 11.1 Å². The maximum Gasteiger partial charge on any atom is 0.120 e. The second-order valence-corrected chi connectivity index (χ2v) is 9.56. The van der Waals surface area contributed by atoms with Crippen LogP contribution in [0.2, 0.25) is 0 Å². The third-order valence-electron chi connectivity index (χ3n) is 7.25. The number of fused-ring (bicyclic) bond motifs is 2. The standard InChI is InChI=1S/C25H30N4O2/c30-10-4-7-20(19-8-9-23-24(11-19)27-28-26-23)15-29-16-21-13-25(31,14-22(21)17-29)12-18-5-2-1-3-6-18/h1-3,5-6,8-11,20-22,31H,4,7,12-17H2,(H,26,27,28)/t20?,21-,22+,25-. The predicted molar refractivity (Wildman–Crippen MR) is 120 cm³/mol. The quantitative estimate of drug-likeness (QED) is 0.549. The minimum atomic E-state index is -0.572. The Morgan fingerprint density at radius 3 is 2.68 bits per heavy atom. The van der Waals surface area contributed by atoms with E-state index in [9.17, 15) is 9.90 Å². The molecule has 6 nitrogen and oxygen atoms in total. The fraction of sp³-hybridized carbons (Fsp3) is 0.480. The van der Waals surface area contributed by atoms with Gasteiger partial charge in [0.25, 0.3) is 0 Å². The predicted octanol–water partition coefficient (Wildman–Crippen LogP) is 3.34. The lowest BCUT2D eigenvalue weighted by Crippen LogP contribution is -2.33. The summed E-state index contributed by atoms with van der Waals surface area (Å²) in [5.74, 6) is 1.41. The number of H-pyrrole nitrogens is 1. The number of aldehydes is 1. The number of likely N-dealkylation sites (tertiary alicyclic amines) is 1. The van der Waals surface area contributed by atoms with Crippen LogP contribution in [-0.4, -0.2) is 56.9 Å². The van der Waals surface area contributed by atoms with Gasteiger partial charge in [0, 0.05) is 32.5 Å². The minimum Gasteiger partial charge on any atom is -0.390 e. The van der Waals surface area contributed by atoms with Gasteiger partial charge in [0.15, 0.2) is 0 Å². The van der Waals surface area contributed by atoms with E-state index in [2.05, 4.69) is 44.6 Å². The molecule has 2 N–H and O–H groups in total. The molecule has 1 aromatic heterocycles. The van der Waals surface area contributed by atoms with Crippen molar-refractivity contribution in [2.75, 3.05) is 19.6 Å². The molecule has 2 aliphatic rings. The van der Waals surface area contributed by atoms with Crippen molar-refractivity contribution in [3.05, 3.63) is 59.7 Å². The molecule has 1 aliphatic heterocycles. The molecule has 1 saturated heterocycles. The Labute approximate surface area is 182 Å². The first-order chi connectivity index (χ1) is 15.1. The van der Waals surface area contributed by atoms with Gasteiger partial charge in [-0.05, 0) is 60.3 Å². The first-order valence-corrected chi connectivity index (χ1v) is 11.3. The molecular weight excluding hydrogens is 388 g/mol. The summed E-state index contributed by atoms with van der Waals surface area (Å²) in [4.78, 5) is 13.6. The molecule has 0 spiro atoms. The number of nitrogens with one attached hydrogen (secondary N) is 1. The molecule has 3 aromatic rings. The van der Waals surface area contributed by atoms with Crippen molar-refractivity contribution in [1.82, 2.24) is 20.3 Å². The highest BCUT2D eigenvalue weighted by atomic mass is 16.3. The summed E-state index contributed by atoms with van der Waals surface area (Å²) in [6, 6.07) is 16.6. The maximum absolute atomic E-state index is 11.2. The van der Waals surface area contributed by atoms with Gasteiger partial charge in [-0.2, -0.15) is 0 Å². The van der Waals surface area contributed by atoms with Gasteiger partial charge >= 0.3 is 0 Å². The molecule has 162 valence electrons. The van der Waals surface area contributed by atoms with E-state index in [-0.39, 0.29) is 0 Å². The first-order valence-electron chi connectivity index (χ1n) is 11.3. The molecule has 31 heavy (non-hydrogen) atoms. The molecule has 6 heteroatoms. The highest BCUT2D eigenvalue weighted by molar-refractivity contribution is 5.74. The van der Waals surface area contributed by atoms with Crippen LogP contribution in [0, 0.1) is 11.8 Å². The fourth-order valence-electron chi connectivity index (χ4n) is 5.88. The maximum atomic E-state index is 11.2. The van der Waals surface area contributed by atoms with E-state index in [4.69, 9.17) is 0 Å². The zero-order chi connectivity index (χ0) is 21.3. The lowest BCUT2D eigenvalue weighted by Gasteiger charge is -2.28. The second-order valence-electron chi connectivity index (χ2n) is 9.56. The number of aromatic amines is 1. The van der Waals surface area contributed by atoms with Crippen molar-refractivity contribution in [2.24, 2.45) is 11.8 Å². The molecule has 2 heterocycles. The molecule has 0 amide bonds. The molecule has 0 bridgehead atoms. The number of rotatable bonds is 8. The molecule has 2 fully saturated rings. The average molecular weight is 419 g/mol. The summed E-state index contributed by atoms with van der Waals surface area (Å²) < 4.78 is 0. The number of hydrogen-bond donors (Lipinski definition) is 2. The van der Waals surface area contributed by atoms with Crippen molar-refractivity contribution in [3.63, 3.8) is 0 Å². The molecular formula is C25H30N4O2. The Hall–Kier alpha value is -2.57. The number of aromatic nitrogens is 3. The van der Waals surface area contributed by atoms with Gasteiger partial charge < -0.3 is 14.8 Å². The number of carbonyl (C=O) groups excluding carboxylic acids is 1. The topological polar surface area (TPSA) is 82.1 Å². The smallest absolute Gasteiger partial charge is 0.120 e. The van der Waals surface area contributed by atoms with Crippen LogP contribution in [0.25, 0.3) is 11.0 Å². The van der Waals surface area contributed by atoms with Crippen molar-refractivity contribution in [2.45, 2.75) is 43.6 Å². The van der Waals surface area contributed by atoms with Crippen LogP contribution in [0.4, 0.5) is 0 Å². The molecule has 4 atom stereocenters. The van der Waals surface area contributed by atoms with Crippen LogP contribution in [0.5, 0.6) is 0 Å². The zero-order valence-corrected chi connectivity index (χ0v) is 17.8. The van der Waals surface area contributed by atoms with E-state index in [0.29, 0.717) is 24.2 Å². The van der Waals surface area contributed by atoms with Crippen LogP contribution in [-0.2, 0) is 11.2 Å². The van der Waals surface area contributed by atoms with Gasteiger partial charge in [-0.25, -0.2) is 0 Å². The lowest BCUT2D eigenvalue weighted by atomic mass is 9.91. The Kier molecular flexibility index (Phi) is 5.59. The largest absolute Gasteiger partial charge is 0.390 e. The highest BCUT2D eigenvalue weighted by Crippen LogP contribution is 2.45. The van der Waals surface area contributed by atoms with Gasteiger partial charge in [0.2, 0.25) is 0 Å². The fourth-order valence-corrected chi connectivity index (χ4v) is 5.88. The van der Waals surface area contributed by atoms with Gasteiger partial charge in [-0.1, -0.05) is 41.6 Å². The van der Waals surface area contributed by atoms with Crippen LogP contribution in [0.1, 0.15) is 42.7 Å². The average Bonchev–Trinajstić information content (AvgIpc) is 3.44. The third kappa shape index (κ3) is 4.41. The monoisotopic (exact) mass is 418 g/mol. The van der Waals surface area contributed by atoms with Gasteiger partial charge in [0.1, 0.15) is 11.8 Å². The van der Waals surface area contributed by atoms with E-state index in [1.54, 1.807) is 0 Å². The van der Waals surface area contributed by atoms with Crippen molar-refractivity contribution in [3.8, 4) is 0 Å². The Balaban J connectivity index is 1.24. The van der Waals surface area contributed by atoms with Crippen molar-refractivity contribution >= 4 is 17.3 Å².